The maximum absolute atomic E-state index is 12.3. The minimum absolute atomic E-state index is 0.202. The summed E-state index contributed by atoms with van der Waals surface area (Å²) in [6.45, 7) is -0.497. The molecule has 4 rings (SSSR count). The lowest BCUT2D eigenvalue weighted by Gasteiger charge is -2.13. The van der Waals surface area contributed by atoms with Gasteiger partial charge in [-0.25, -0.2) is 4.79 Å². The van der Waals surface area contributed by atoms with Gasteiger partial charge < -0.3 is 10.1 Å². The number of fused-ring (bicyclic) bond motifs is 1. The Bertz CT molecular complexity index is 1100. The van der Waals surface area contributed by atoms with E-state index in [1.807, 2.05) is 18.2 Å². The molecule has 7 nitrogen and oxygen atoms in total. The quantitative estimate of drug-likeness (QED) is 0.404. The molecule has 7 heteroatoms. The smallest absolute Gasteiger partial charge is 0.331 e. The van der Waals surface area contributed by atoms with Crippen molar-refractivity contribution in [1.82, 2.24) is 4.90 Å². The fourth-order valence-corrected chi connectivity index (χ4v) is 3.07. The predicted molar refractivity (Wildman–Crippen MR) is 108 cm³/mol. The summed E-state index contributed by atoms with van der Waals surface area (Å²) < 4.78 is 5.21. The molecular weight excluding hydrogens is 384 g/mol. The SMILES string of the molecule is O=C(CN1C(=O)c2ccccc2C1=O)Oc1ccc(C(=O)Nc2ccccc2)cc1. The van der Waals surface area contributed by atoms with Gasteiger partial charge in [0.1, 0.15) is 12.3 Å². The normalized spacial score (nSPS) is 12.5. The van der Waals surface area contributed by atoms with Gasteiger partial charge in [0.15, 0.2) is 0 Å². The molecule has 0 radical (unpaired) electrons. The third kappa shape index (κ3) is 3.81. The van der Waals surface area contributed by atoms with Crippen molar-refractivity contribution < 1.29 is 23.9 Å². The molecule has 0 saturated carbocycles. The van der Waals surface area contributed by atoms with Crippen LogP contribution in [-0.4, -0.2) is 35.1 Å². The molecule has 1 aliphatic heterocycles. The van der Waals surface area contributed by atoms with Crippen molar-refractivity contribution in [2.24, 2.45) is 0 Å². The molecule has 1 heterocycles. The summed E-state index contributed by atoms with van der Waals surface area (Å²) in [5.41, 5.74) is 1.59. The van der Waals surface area contributed by atoms with E-state index in [-0.39, 0.29) is 22.8 Å². The molecule has 0 fully saturated rings. The van der Waals surface area contributed by atoms with Gasteiger partial charge in [0, 0.05) is 11.3 Å². The zero-order valence-electron chi connectivity index (χ0n) is 15.7. The number of hydrogen-bond acceptors (Lipinski definition) is 5. The number of nitrogens with zero attached hydrogens (tertiary/aromatic N) is 1. The lowest BCUT2D eigenvalue weighted by molar-refractivity contribution is -0.134. The number of esters is 1. The number of hydrogen-bond donors (Lipinski definition) is 1. The highest BCUT2D eigenvalue weighted by Crippen LogP contribution is 2.22. The van der Waals surface area contributed by atoms with E-state index in [1.54, 1.807) is 36.4 Å². The zero-order valence-corrected chi connectivity index (χ0v) is 15.7. The summed E-state index contributed by atoms with van der Waals surface area (Å²) in [5, 5.41) is 2.76. The van der Waals surface area contributed by atoms with Gasteiger partial charge in [0.05, 0.1) is 11.1 Å². The molecule has 0 aliphatic carbocycles. The van der Waals surface area contributed by atoms with Crippen LogP contribution in [0.5, 0.6) is 5.75 Å². The van der Waals surface area contributed by atoms with E-state index in [1.165, 1.54) is 24.3 Å². The number of nitrogens with one attached hydrogen (secondary N) is 1. The topological polar surface area (TPSA) is 92.8 Å². The van der Waals surface area contributed by atoms with Crippen LogP contribution in [0.15, 0.2) is 78.9 Å². The van der Waals surface area contributed by atoms with E-state index in [0.717, 1.165) is 4.90 Å². The average molecular weight is 400 g/mol. The van der Waals surface area contributed by atoms with Crippen LogP contribution in [0.25, 0.3) is 0 Å². The predicted octanol–water partition coefficient (Wildman–Crippen LogP) is 3.14. The number of para-hydroxylation sites is 1. The van der Waals surface area contributed by atoms with Crippen molar-refractivity contribution in [3.63, 3.8) is 0 Å². The second kappa shape index (κ2) is 8.00. The summed E-state index contributed by atoms with van der Waals surface area (Å²) in [6, 6.07) is 21.4. The fourth-order valence-electron chi connectivity index (χ4n) is 3.07. The van der Waals surface area contributed by atoms with Crippen molar-refractivity contribution in [2.45, 2.75) is 0 Å². The first kappa shape index (κ1) is 19.1. The Morgan fingerprint density at radius 3 is 1.93 bits per heavy atom. The Kier molecular flexibility index (Phi) is 5.09. The van der Waals surface area contributed by atoms with Crippen LogP contribution < -0.4 is 10.1 Å². The van der Waals surface area contributed by atoms with Gasteiger partial charge in [0.2, 0.25) is 0 Å². The summed E-state index contributed by atoms with van der Waals surface area (Å²) >= 11 is 0. The molecule has 0 unspecified atom stereocenters. The van der Waals surface area contributed by atoms with Crippen molar-refractivity contribution >= 4 is 29.4 Å². The Morgan fingerprint density at radius 2 is 1.33 bits per heavy atom. The highest BCUT2D eigenvalue weighted by molar-refractivity contribution is 6.22. The Hall–Kier alpha value is -4.26. The molecule has 148 valence electrons. The van der Waals surface area contributed by atoms with E-state index in [4.69, 9.17) is 4.74 Å². The number of imide groups is 1. The van der Waals surface area contributed by atoms with Crippen LogP contribution in [0, 0.1) is 0 Å². The second-order valence-electron chi connectivity index (χ2n) is 6.56. The average Bonchev–Trinajstić information content (AvgIpc) is 3.00. The van der Waals surface area contributed by atoms with E-state index >= 15 is 0 Å². The molecule has 0 bridgehead atoms. The van der Waals surface area contributed by atoms with Crippen LogP contribution in [0.3, 0.4) is 0 Å². The van der Waals surface area contributed by atoms with E-state index < -0.39 is 24.3 Å². The molecule has 1 aliphatic rings. The van der Waals surface area contributed by atoms with Crippen LogP contribution in [0.2, 0.25) is 0 Å². The fraction of sp³-hybridized carbons (Fsp3) is 0.0435. The van der Waals surface area contributed by atoms with Gasteiger partial charge >= 0.3 is 5.97 Å². The number of amides is 3. The van der Waals surface area contributed by atoms with Gasteiger partial charge in [-0.05, 0) is 48.5 Å². The van der Waals surface area contributed by atoms with Crippen LogP contribution in [0.1, 0.15) is 31.1 Å². The molecule has 3 aromatic carbocycles. The third-order valence-corrected chi connectivity index (χ3v) is 4.55. The van der Waals surface area contributed by atoms with Crippen LogP contribution >= 0.6 is 0 Å². The summed E-state index contributed by atoms with van der Waals surface area (Å²) in [4.78, 5) is 50.0. The highest BCUT2D eigenvalue weighted by Gasteiger charge is 2.36. The van der Waals surface area contributed by atoms with Crippen molar-refractivity contribution in [3.8, 4) is 5.75 Å². The Balaban J connectivity index is 1.37. The number of anilines is 1. The minimum atomic E-state index is -0.758. The second-order valence-corrected chi connectivity index (χ2v) is 6.56. The number of benzene rings is 3. The number of rotatable bonds is 5. The summed E-state index contributed by atoms with van der Waals surface area (Å²) in [6.07, 6.45) is 0. The van der Waals surface area contributed by atoms with Crippen molar-refractivity contribution in [2.75, 3.05) is 11.9 Å². The lowest BCUT2D eigenvalue weighted by atomic mass is 10.1. The molecule has 0 spiro atoms. The summed E-state index contributed by atoms with van der Waals surface area (Å²) in [5.74, 6) is -1.91. The van der Waals surface area contributed by atoms with E-state index in [0.29, 0.717) is 11.3 Å². The minimum Gasteiger partial charge on any atom is -0.425 e. The first-order chi connectivity index (χ1) is 14.5. The third-order valence-electron chi connectivity index (χ3n) is 4.55. The number of carbonyl (C=O) groups is 4. The monoisotopic (exact) mass is 400 g/mol. The Morgan fingerprint density at radius 1 is 0.767 bits per heavy atom. The highest BCUT2D eigenvalue weighted by atomic mass is 16.5. The molecule has 1 N–H and O–H groups in total. The number of ether oxygens (including phenoxy) is 1. The van der Waals surface area contributed by atoms with E-state index in [9.17, 15) is 19.2 Å². The molecule has 3 aromatic rings. The molecule has 0 saturated heterocycles. The lowest BCUT2D eigenvalue weighted by Crippen LogP contribution is -2.36. The Labute approximate surface area is 171 Å². The van der Waals surface area contributed by atoms with Gasteiger partial charge in [-0.3, -0.25) is 19.3 Å². The molecule has 30 heavy (non-hydrogen) atoms. The first-order valence-electron chi connectivity index (χ1n) is 9.15. The summed E-state index contributed by atoms with van der Waals surface area (Å²) in [7, 11) is 0. The largest absolute Gasteiger partial charge is 0.425 e. The number of carbonyl (C=O) groups excluding carboxylic acids is 4. The first-order valence-corrected chi connectivity index (χ1v) is 9.15. The zero-order chi connectivity index (χ0) is 21.1. The van der Waals surface area contributed by atoms with E-state index in [2.05, 4.69) is 5.32 Å². The van der Waals surface area contributed by atoms with Gasteiger partial charge in [-0.15, -0.1) is 0 Å². The van der Waals surface area contributed by atoms with Crippen LogP contribution in [-0.2, 0) is 4.79 Å². The van der Waals surface area contributed by atoms with Crippen LogP contribution in [0.4, 0.5) is 5.69 Å². The molecule has 0 aromatic heterocycles. The maximum atomic E-state index is 12.3. The molecule has 3 amide bonds. The standard InChI is InChI=1S/C23H16N2O5/c26-20(14-25-22(28)18-8-4-5-9-19(18)23(25)29)30-17-12-10-15(11-13-17)21(27)24-16-6-2-1-3-7-16/h1-13H,14H2,(H,24,27). The van der Waals surface area contributed by atoms with Gasteiger partial charge in [0.25, 0.3) is 17.7 Å². The van der Waals surface area contributed by atoms with Crippen molar-refractivity contribution in [1.29, 1.82) is 0 Å². The van der Waals surface area contributed by atoms with Crippen molar-refractivity contribution in [3.05, 3.63) is 95.6 Å². The maximum Gasteiger partial charge on any atom is 0.331 e. The van der Waals surface area contributed by atoms with Gasteiger partial charge in [-0.2, -0.15) is 0 Å². The molecule has 0 atom stereocenters. The molecular formula is C23H16N2O5. The van der Waals surface area contributed by atoms with Gasteiger partial charge in [-0.1, -0.05) is 30.3 Å².